The second-order valence-electron chi connectivity index (χ2n) is 27.8. The summed E-state index contributed by atoms with van der Waals surface area (Å²) in [7, 11) is 10.6. The number of carbonyl (C=O) groups excluding carboxylic acids is 4. The van der Waals surface area contributed by atoms with Crippen molar-refractivity contribution in [2.45, 2.75) is 107 Å². The van der Waals surface area contributed by atoms with Gasteiger partial charge in [-0.15, -0.1) is 0 Å². The van der Waals surface area contributed by atoms with Gasteiger partial charge in [0.25, 0.3) is 17.1 Å². The van der Waals surface area contributed by atoms with Crippen LogP contribution < -0.4 is 35.3 Å². The van der Waals surface area contributed by atoms with Crippen LogP contribution in [0.5, 0.6) is 46.0 Å². The standard InChI is InChI=1S/C24H27FN4O4Si.C18H13FN4O3.C15H9ClFNO3.C15H10FNO4.C9H19N3OSi.C2HF3O.C2H6.3CH4.Cl2OS/c1-32-20-8-6-17(25)13-18(20)21-16(14-26)5-7-19(30)22(21)23(31)28-24-27-9-10-29(24)15-33-11-12-34(2,3)4;1-26-14-5-3-11(19)8-12(14)15-10(9-20)2-4-13(24)16(15)17(25)23-18-21-6-7-22-18;1-21-12-5-3-9(17)6-10(12)13-8(7-18)2-4-11(19)14(13)15(16)20;1-21-12-5-3-9(16)6-10(12)13-8(7-17)2-4-11(18)14(13)15(19)20;1-14(2,3)7-6-13-8-12-5-4-11-9(12)10;3-2(4,5)1-6;1-2;;;;1-4(2)3/h5-10,13,30H,11-12,15H2,1-4H3,(H,27,28,31);2-8,24H,1H3,(H2,21,22,23,25);2-6,19H,1H3;2-6,18H,1H3,(H,19,20);4-5H,6-8H2,1-3H3,(H2,10,11);1H;1-2H3;3*1H4;/i;;;;;;1D;;;;. The average Bonchev–Trinajstić information content (AvgIpc) is 0.802. The number of phenols is 4. The Morgan fingerprint density at radius 2 is 0.847 bits per heavy atom. The highest BCUT2D eigenvalue weighted by atomic mass is 36.0. The Bertz CT molecular complexity index is 5790. The molecule has 0 fully saturated rings. The highest BCUT2D eigenvalue weighted by Gasteiger charge is 2.30. The second kappa shape index (κ2) is 55.1. The molecular weight excluding hydrogens is 1840 g/mol. The Labute approximate surface area is 771 Å². The molecule has 0 aliphatic carbocycles. The summed E-state index contributed by atoms with van der Waals surface area (Å²) in [6.45, 7) is 18.2. The van der Waals surface area contributed by atoms with Crippen LogP contribution in [0.4, 0.5) is 48.6 Å². The predicted molar refractivity (Wildman–Crippen MR) is 491 cm³/mol. The number of nitrogens with zero attached hydrogens (tertiary/aromatic N) is 9. The number of nitrogen functional groups attached to an aromatic ring is 1. The first-order valence-electron chi connectivity index (χ1n) is 37.5. The molecule has 0 atom stereocenters. The van der Waals surface area contributed by atoms with Gasteiger partial charge < -0.3 is 64.7 Å². The molecule has 0 saturated heterocycles. The quantitative estimate of drug-likeness (QED) is 0.00892. The molecule has 0 saturated carbocycles. The molecule has 0 spiro atoms. The molecule has 0 aliphatic heterocycles. The minimum atomic E-state index is -4.64. The van der Waals surface area contributed by atoms with Gasteiger partial charge in [-0.25, -0.2) is 41.5 Å². The number of aldehydes is 1. The Kier molecular flexibility index (Phi) is 47.7. The molecule has 0 radical (unpaired) electrons. The Balaban J connectivity index is 0.000000809. The molecule has 131 heavy (non-hydrogen) atoms. The summed E-state index contributed by atoms with van der Waals surface area (Å²) in [4.78, 5) is 72.3. The Morgan fingerprint density at radius 3 is 1.14 bits per heavy atom. The number of carboxylic acid groups (broad SMARTS) is 1. The third-order valence-corrected chi connectivity index (χ3v) is 20.4. The van der Waals surface area contributed by atoms with Crippen molar-refractivity contribution in [3.63, 3.8) is 0 Å². The van der Waals surface area contributed by atoms with Crippen LogP contribution in [0, 0.1) is 68.6 Å². The molecule has 700 valence electrons. The predicted octanol–water partition coefficient (Wildman–Crippen LogP) is 20.6. The number of carboxylic acids is 1. The smallest absolute Gasteiger partial charge is 0.446 e. The Hall–Kier alpha value is -13.8. The minimum Gasteiger partial charge on any atom is -0.507 e. The zero-order valence-corrected chi connectivity index (χ0v) is 75.0. The number of halogens is 10. The topological polar surface area (TPSA) is 469 Å². The summed E-state index contributed by atoms with van der Waals surface area (Å²) in [5.41, 5.74) is 5.34. The van der Waals surface area contributed by atoms with Crippen LogP contribution in [-0.2, 0) is 37.0 Å². The van der Waals surface area contributed by atoms with Gasteiger partial charge in [0, 0.05) is 134 Å². The third-order valence-electron chi connectivity index (χ3n) is 16.8. The number of amides is 2. The number of hydrogen-bond donors (Lipinski definition) is 9. The number of nitrogens with two attached hydrogens (primary N) is 1. The maximum Gasteiger partial charge on any atom is 0.446 e. The van der Waals surface area contributed by atoms with E-state index in [1.165, 1.54) is 138 Å². The highest BCUT2D eigenvalue weighted by Crippen LogP contribution is 2.44. The SMILES string of the molecule is C.C.C.COc1ccc(F)cc1-c1c(C#N)ccc(O)c1C(=O)Cl.COc1ccc(F)cc1-c1c(C#N)ccc(O)c1C(=O)Nc1ncc[nH]1.COc1ccc(F)cc1-c1c(C#N)ccc(O)c1C(=O)Nc1nccn1COCC[Si](C)(C)C.COc1ccc(F)cc1-c1c(C#N)ccc(O)c1C(=O)O.C[Si](C)(C)CCOCn1ccnc1N.O=CC(F)(F)F.O=S(Cl)Cl.[2H]CC. The number of nitriles is 4. The lowest BCUT2D eigenvalue weighted by atomic mass is 9.92. The van der Waals surface area contributed by atoms with E-state index in [2.05, 4.69) is 91.2 Å². The zero-order chi connectivity index (χ0) is 96.8. The molecule has 3 aromatic heterocycles. The molecule has 3 heterocycles. The highest BCUT2D eigenvalue weighted by molar-refractivity contribution is 8.26. The summed E-state index contributed by atoms with van der Waals surface area (Å²) in [5, 5.41) is 91.3. The molecule has 10 N–H and O–H groups in total. The zero-order valence-electron chi connectivity index (χ0n) is 71.0. The lowest BCUT2D eigenvalue weighted by molar-refractivity contribution is -0.156. The number of hydrogen-bond acceptors (Lipinski definition) is 24. The van der Waals surface area contributed by atoms with E-state index in [4.69, 9.17) is 61.4 Å². The molecule has 0 bridgehead atoms. The van der Waals surface area contributed by atoms with Gasteiger partial charge in [0.15, 0.2) is 0 Å². The van der Waals surface area contributed by atoms with Crippen LogP contribution in [-0.4, -0.2) is 152 Å². The van der Waals surface area contributed by atoms with E-state index in [1.54, 1.807) is 28.5 Å². The van der Waals surface area contributed by atoms with Gasteiger partial charge in [0.1, 0.15) is 88.3 Å². The number of phenolic OH excluding ortho intramolecular Hbond substituents is 3. The van der Waals surface area contributed by atoms with Gasteiger partial charge >= 0.3 is 12.1 Å². The molecule has 11 aromatic rings. The summed E-state index contributed by atoms with van der Waals surface area (Å²) >= 11 is 5.48. The normalized spacial score (nSPS) is 10.3. The fraction of sp³-hybridized carbons (Fsp3) is 0.250. The maximum absolute atomic E-state index is 14.1. The first-order chi connectivity index (χ1) is 60.9. The van der Waals surface area contributed by atoms with Gasteiger partial charge in [-0.1, -0.05) is 75.4 Å². The number of benzene rings is 8. The van der Waals surface area contributed by atoms with Crippen LogP contribution in [0.15, 0.2) is 159 Å². The molecule has 8 aromatic carbocycles. The van der Waals surface area contributed by atoms with E-state index in [9.17, 15) is 91.2 Å². The number of aromatic hydroxyl groups is 4. The first kappa shape index (κ1) is 113. The fourth-order valence-corrected chi connectivity index (χ4v) is 12.7. The summed E-state index contributed by atoms with van der Waals surface area (Å²) in [6.07, 6.45) is 3.93. The van der Waals surface area contributed by atoms with E-state index >= 15 is 0 Å². The Morgan fingerprint density at radius 1 is 0.542 bits per heavy atom. The number of H-pyrrole nitrogens is 1. The van der Waals surface area contributed by atoms with Crippen molar-refractivity contribution in [1.82, 2.24) is 29.1 Å². The largest absolute Gasteiger partial charge is 0.507 e. The van der Waals surface area contributed by atoms with Gasteiger partial charge in [-0.05, 0) is 145 Å². The molecule has 0 unspecified atom stereocenters. The number of aromatic nitrogens is 6. The van der Waals surface area contributed by atoms with Crippen LogP contribution in [0.3, 0.4) is 0 Å². The van der Waals surface area contributed by atoms with E-state index in [0.717, 1.165) is 49.0 Å². The lowest BCUT2D eigenvalue weighted by Gasteiger charge is -2.17. The number of methoxy groups -OCH3 is 4. The van der Waals surface area contributed by atoms with Crippen molar-refractivity contribution in [2.24, 2.45) is 0 Å². The van der Waals surface area contributed by atoms with E-state index in [1.807, 2.05) is 30.5 Å². The van der Waals surface area contributed by atoms with Gasteiger partial charge in [-0.2, -0.15) is 34.2 Å². The number of aromatic amines is 1. The van der Waals surface area contributed by atoms with Crippen molar-refractivity contribution in [1.29, 1.82) is 21.0 Å². The monoisotopic (exact) mass is 1930 g/mol. The third kappa shape index (κ3) is 35.0. The number of carbonyl (C=O) groups is 5. The van der Waals surface area contributed by atoms with E-state index in [-0.39, 0.29) is 159 Å². The first-order valence-corrected chi connectivity index (χ1v) is 47.4. The van der Waals surface area contributed by atoms with Crippen LogP contribution in [0.25, 0.3) is 44.5 Å². The molecule has 11 rings (SSSR count). The van der Waals surface area contributed by atoms with Crippen LogP contribution in [0.2, 0.25) is 51.4 Å². The van der Waals surface area contributed by atoms with Crippen LogP contribution >= 0.6 is 33.0 Å². The number of anilines is 3. The summed E-state index contributed by atoms with van der Waals surface area (Å²) in [5.74, 6) is -5.04. The molecule has 0 aliphatic rings. The number of nitrogens with one attached hydrogen (secondary N) is 3. The number of rotatable bonds is 24. The second-order valence-corrected chi connectivity index (χ2v) is 41.9. The van der Waals surface area contributed by atoms with Gasteiger partial charge in [0.2, 0.25) is 33.4 Å². The number of ether oxygens (including phenoxy) is 6. The lowest BCUT2D eigenvalue weighted by Crippen LogP contribution is -2.22. The van der Waals surface area contributed by atoms with Crippen molar-refractivity contribution in [3.8, 4) is 115 Å². The van der Waals surface area contributed by atoms with E-state index < -0.39 is 101 Å². The van der Waals surface area contributed by atoms with Gasteiger partial charge in [0.05, 0.1) is 91.7 Å². The molecule has 2 amide bonds. The number of aromatic carboxylic acids is 1. The number of imidazole rings is 3. The van der Waals surface area contributed by atoms with Crippen molar-refractivity contribution < 1.29 is 114 Å². The molecule has 43 heteroatoms. The van der Waals surface area contributed by atoms with Crippen molar-refractivity contribution in [3.05, 3.63) is 226 Å². The van der Waals surface area contributed by atoms with Crippen molar-refractivity contribution >= 4 is 105 Å². The van der Waals surface area contributed by atoms with Crippen molar-refractivity contribution in [2.75, 3.05) is 58.0 Å². The minimum absolute atomic E-state index is 0. The molecule has 30 nitrogen and oxygen atoms in total. The van der Waals surface area contributed by atoms with Gasteiger partial charge in [-0.3, -0.25) is 38.9 Å². The average molecular weight is 1940 g/mol. The number of alkyl halides is 3. The fourth-order valence-electron chi connectivity index (χ4n) is 11.0. The van der Waals surface area contributed by atoms with E-state index in [0.29, 0.717) is 26.2 Å². The maximum atomic E-state index is 14.1. The van der Waals surface area contributed by atoms with Crippen LogP contribution in [0.1, 0.15) is 101 Å². The summed E-state index contributed by atoms with van der Waals surface area (Å²) < 4.78 is 137. The molecular formula is C88H97Cl3F7N13O17SSi2. The summed E-state index contributed by atoms with van der Waals surface area (Å²) in [6, 6.07) is 34.5.